The van der Waals surface area contributed by atoms with Crippen LogP contribution in [-0.2, 0) is 6.54 Å². The van der Waals surface area contributed by atoms with Crippen LogP contribution in [0.5, 0.6) is 0 Å². The van der Waals surface area contributed by atoms with E-state index in [4.69, 9.17) is 0 Å². The lowest BCUT2D eigenvalue weighted by molar-refractivity contribution is 0.735. The van der Waals surface area contributed by atoms with E-state index in [9.17, 15) is 4.79 Å². The summed E-state index contributed by atoms with van der Waals surface area (Å²) in [6, 6.07) is 1.88. The Morgan fingerprint density at radius 3 is 2.86 bits per heavy atom. The van der Waals surface area contributed by atoms with Gasteiger partial charge in [0.2, 0.25) is 0 Å². The Kier molecular flexibility index (Phi) is 3.59. The van der Waals surface area contributed by atoms with Gasteiger partial charge >= 0.3 is 0 Å². The summed E-state index contributed by atoms with van der Waals surface area (Å²) in [5.74, 6) is 0. The molecule has 2 N–H and O–H groups in total. The zero-order chi connectivity index (χ0) is 15.0. The Morgan fingerprint density at radius 2 is 2.24 bits per heavy atom. The lowest BCUT2D eigenvalue weighted by atomic mass is 10.1. The summed E-state index contributed by atoms with van der Waals surface area (Å²) in [4.78, 5) is 21.7. The first-order chi connectivity index (χ1) is 10.2. The van der Waals surface area contributed by atoms with Gasteiger partial charge in [0.1, 0.15) is 5.65 Å². The van der Waals surface area contributed by atoms with E-state index in [0.717, 1.165) is 16.8 Å². The first-order valence-corrected chi connectivity index (χ1v) is 8.02. The fourth-order valence-corrected chi connectivity index (χ4v) is 2.87. The SMILES string of the molecule is CCn1c(=O)c(C2=CNCN2)cc2c(C)nc(SC)nc21. The number of hydrogen-bond donors (Lipinski definition) is 2. The number of aryl methyl sites for hydroxylation is 2. The molecule has 0 spiro atoms. The molecule has 0 atom stereocenters. The second-order valence-corrected chi connectivity index (χ2v) is 5.53. The number of nitrogens with one attached hydrogen (secondary N) is 2. The molecule has 2 aromatic rings. The molecule has 1 aliphatic heterocycles. The predicted molar refractivity (Wildman–Crippen MR) is 85.1 cm³/mol. The van der Waals surface area contributed by atoms with Crippen molar-refractivity contribution in [3.8, 4) is 0 Å². The highest BCUT2D eigenvalue weighted by molar-refractivity contribution is 7.98. The summed E-state index contributed by atoms with van der Waals surface area (Å²) in [7, 11) is 0. The molecule has 0 fully saturated rings. The molecule has 3 rings (SSSR count). The average Bonchev–Trinajstić information content (AvgIpc) is 3.00. The third kappa shape index (κ3) is 2.27. The van der Waals surface area contributed by atoms with Crippen molar-refractivity contribution in [2.75, 3.05) is 12.9 Å². The van der Waals surface area contributed by atoms with Gasteiger partial charge in [-0.15, -0.1) is 0 Å². The number of thioether (sulfide) groups is 1. The van der Waals surface area contributed by atoms with Crippen molar-refractivity contribution in [2.24, 2.45) is 0 Å². The molecule has 0 saturated carbocycles. The van der Waals surface area contributed by atoms with E-state index in [2.05, 4.69) is 20.6 Å². The Labute approximate surface area is 126 Å². The third-order valence-electron chi connectivity index (χ3n) is 3.53. The van der Waals surface area contributed by atoms with Crippen LogP contribution < -0.4 is 16.2 Å². The first kappa shape index (κ1) is 13.9. The van der Waals surface area contributed by atoms with Crippen molar-refractivity contribution in [1.29, 1.82) is 0 Å². The zero-order valence-corrected chi connectivity index (χ0v) is 13.0. The minimum absolute atomic E-state index is 0.0300. The number of hydrogen-bond acceptors (Lipinski definition) is 6. The molecule has 1 aliphatic rings. The van der Waals surface area contributed by atoms with Gasteiger partial charge < -0.3 is 10.6 Å². The first-order valence-electron chi connectivity index (χ1n) is 6.79. The second kappa shape index (κ2) is 5.40. The van der Waals surface area contributed by atoms with Crippen LogP contribution in [-0.4, -0.2) is 27.5 Å². The summed E-state index contributed by atoms with van der Waals surface area (Å²) >= 11 is 1.48. The van der Waals surface area contributed by atoms with Gasteiger partial charge in [0.15, 0.2) is 5.16 Å². The fraction of sp³-hybridized carbons (Fsp3) is 0.357. The smallest absolute Gasteiger partial charge is 0.261 e. The fourth-order valence-electron chi connectivity index (χ4n) is 2.46. The minimum Gasteiger partial charge on any atom is -0.372 e. The van der Waals surface area contributed by atoms with E-state index >= 15 is 0 Å². The van der Waals surface area contributed by atoms with Crippen LogP contribution in [0.1, 0.15) is 18.2 Å². The average molecular weight is 303 g/mol. The van der Waals surface area contributed by atoms with Crippen LogP contribution in [0.25, 0.3) is 16.7 Å². The molecule has 0 radical (unpaired) electrons. The van der Waals surface area contributed by atoms with Gasteiger partial charge in [-0.2, -0.15) is 0 Å². The van der Waals surface area contributed by atoms with Gasteiger partial charge in [0, 0.05) is 18.1 Å². The molecular weight excluding hydrogens is 286 g/mol. The van der Waals surface area contributed by atoms with Gasteiger partial charge in [0.25, 0.3) is 5.56 Å². The quantitative estimate of drug-likeness (QED) is 0.658. The molecule has 0 saturated heterocycles. The summed E-state index contributed by atoms with van der Waals surface area (Å²) < 4.78 is 1.71. The van der Waals surface area contributed by atoms with E-state index in [0.29, 0.717) is 29.6 Å². The molecule has 0 aromatic carbocycles. The van der Waals surface area contributed by atoms with Crippen molar-refractivity contribution in [2.45, 2.75) is 25.5 Å². The standard InChI is InChI=1S/C14H17N5OS/c1-4-19-12-9(8(2)17-14(18-12)21-3)5-10(13(19)20)11-6-15-7-16-11/h5-6,15-16H,4,7H2,1-3H3. The largest absolute Gasteiger partial charge is 0.372 e. The molecule has 7 heteroatoms. The van der Waals surface area contributed by atoms with Gasteiger partial charge in [-0.25, -0.2) is 9.97 Å². The van der Waals surface area contributed by atoms with Crippen LogP contribution in [0, 0.1) is 6.92 Å². The zero-order valence-electron chi connectivity index (χ0n) is 12.2. The molecule has 0 bridgehead atoms. The Bertz CT molecular complexity index is 796. The molecule has 2 aromatic heterocycles. The van der Waals surface area contributed by atoms with Crippen molar-refractivity contribution < 1.29 is 0 Å². The lowest BCUT2D eigenvalue weighted by Crippen LogP contribution is -2.26. The second-order valence-electron chi connectivity index (χ2n) is 4.76. The van der Waals surface area contributed by atoms with E-state index < -0.39 is 0 Å². The normalized spacial score (nSPS) is 14.0. The van der Waals surface area contributed by atoms with Crippen molar-refractivity contribution in [3.63, 3.8) is 0 Å². The summed E-state index contributed by atoms with van der Waals surface area (Å²) in [6.45, 7) is 5.12. The highest BCUT2D eigenvalue weighted by Crippen LogP contribution is 2.21. The van der Waals surface area contributed by atoms with Crippen LogP contribution in [0.4, 0.5) is 0 Å². The van der Waals surface area contributed by atoms with Crippen molar-refractivity contribution in [1.82, 2.24) is 25.2 Å². The number of aromatic nitrogens is 3. The summed E-state index contributed by atoms with van der Waals surface area (Å²) in [6.07, 6.45) is 3.76. The Balaban J connectivity index is 2.36. The molecule has 0 aliphatic carbocycles. The maximum Gasteiger partial charge on any atom is 0.261 e. The molecule has 6 nitrogen and oxygen atoms in total. The number of nitrogens with zero attached hydrogens (tertiary/aromatic N) is 3. The van der Waals surface area contributed by atoms with Gasteiger partial charge in [0.05, 0.1) is 23.6 Å². The summed E-state index contributed by atoms with van der Waals surface area (Å²) in [5, 5.41) is 7.83. The molecule has 110 valence electrons. The highest BCUT2D eigenvalue weighted by Gasteiger charge is 2.17. The van der Waals surface area contributed by atoms with Crippen molar-refractivity contribution in [3.05, 3.63) is 33.9 Å². The van der Waals surface area contributed by atoms with E-state index in [1.54, 1.807) is 4.57 Å². The van der Waals surface area contributed by atoms with Crippen LogP contribution >= 0.6 is 11.8 Å². The van der Waals surface area contributed by atoms with E-state index in [1.165, 1.54) is 11.8 Å². The minimum atomic E-state index is -0.0300. The van der Waals surface area contributed by atoms with Crippen LogP contribution in [0.15, 0.2) is 22.2 Å². The van der Waals surface area contributed by atoms with Crippen LogP contribution in [0.2, 0.25) is 0 Å². The van der Waals surface area contributed by atoms with Gasteiger partial charge in [-0.05, 0) is 26.2 Å². The molecule has 21 heavy (non-hydrogen) atoms. The number of pyridine rings is 1. The predicted octanol–water partition coefficient (Wildman–Crippen LogP) is 1.29. The van der Waals surface area contributed by atoms with E-state index in [1.807, 2.05) is 32.4 Å². The van der Waals surface area contributed by atoms with Gasteiger partial charge in [-0.1, -0.05) is 11.8 Å². The highest BCUT2D eigenvalue weighted by atomic mass is 32.2. The van der Waals surface area contributed by atoms with Crippen molar-refractivity contribution >= 4 is 28.5 Å². The Hall–Kier alpha value is -2.02. The Morgan fingerprint density at radius 1 is 1.43 bits per heavy atom. The maximum absolute atomic E-state index is 12.7. The number of fused-ring (bicyclic) bond motifs is 1. The maximum atomic E-state index is 12.7. The van der Waals surface area contributed by atoms with Crippen LogP contribution in [0.3, 0.4) is 0 Å². The molecule has 0 amide bonds. The third-order valence-corrected chi connectivity index (χ3v) is 4.08. The summed E-state index contributed by atoms with van der Waals surface area (Å²) in [5.41, 5.74) is 3.03. The lowest BCUT2D eigenvalue weighted by Gasteiger charge is -2.13. The van der Waals surface area contributed by atoms with Gasteiger partial charge in [-0.3, -0.25) is 9.36 Å². The molecule has 0 unspecified atom stereocenters. The molecular formula is C14H17N5OS. The topological polar surface area (TPSA) is 71.8 Å². The molecule has 3 heterocycles. The van der Waals surface area contributed by atoms with E-state index in [-0.39, 0.29) is 5.56 Å². The number of rotatable bonds is 3. The monoisotopic (exact) mass is 303 g/mol.